The van der Waals surface area contributed by atoms with Crippen molar-refractivity contribution in [3.63, 3.8) is 0 Å². The molecule has 2 aliphatic rings. The minimum Gasteiger partial charge on any atom is -0.489 e. The van der Waals surface area contributed by atoms with E-state index in [1.165, 1.54) is 54.1 Å². The fourth-order valence-electron chi connectivity index (χ4n) is 7.53. The average Bonchev–Trinajstić information content (AvgIpc) is 3.26. The van der Waals surface area contributed by atoms with Crippen molar-refractivity contribution >= 4 is 47.7 Å². The van der Waals surface area contributed by atoms with Gasteiger partial charge in [0.1, 0.15) is 23.7 Å². The topological polar surface area (TPSA) is 18.5 Å². The van der Waals surface area contributed by atoms with E-state index >= 15 is 0 Å². The first-order chi connectivity index (χ1) is 24.1. The number of aryl methyl sites for hydroxylation is 2. The van der Waals surface area contributed by atoms with Crippen LogP contribution in [0.3, 0.4) is 0 Å². The third kappa shape index (κ3) is 6.83. The molecule has 0 spiro atoms. The molecule has 8 rings (SSSR count). The van der Waals surface area contributed by atoms with Gasteiger partial charge in [-0.2, -0.15) is 0 Å². The zero-order valence-corrected chi connectivity index (χ0v) is 30.0. The second-order valence-electron chi connectivity index (χ2n) is 13.4. The molecule has 2 aliphatic heterocycles. The Kier molecular flexibility index (Phi) is 9.36. The highest BCUT2D eigenvalue weighted by Gasteiger charge is 2.32. The number of ether oxygens (including phenoxy) is 2. The molecule has 2 bridgehead atoms. The number of benzene rings is 6. The van der Waals surface area contributed by atoms with Crippen LogP contribution in [0, 0.1) is 13.8 Å². The molecule has 2 heterocycles. The summed E-state index contributed by atoms with van der Waals surface area (Å²) in [5, 5.41) is 8.01. The predicted octanol–water partition coefficient (Wildman–Crippen LogP) is 8.30. The van der Waals surface area contributed by atoms with E-state index in [0.717, 1.165) is 43.6 Å². The molecular weight excluding hydrogens is 634 g/mol. The van der Waals surface area contributed by atoms with E-state index < -0.39 is 15.8 Å². The molecule has 2 atom stereocenters. The molecule has 6 aromatic rings. The summed E-state index contributed by atoms with van der Waals surface area (Å²) in [4.78, 5) is 0. The first-order valence-electron chi connectivity index (χ1n) is 17.5. The Morgan fingerprint density at radius 1 is 0.449 bits per heavy atom. The van der Waals surface area contributed by atoms with Crippen molar-refractivity contribution in [3.05, 3.63) is 168 Å². The summed E-state index contributed by atoms with van der Waals surface area (Å²) in [5.74, 6) is 2.16. The lowest BCUT2D eigenvalue weighted by molar-refractivity contribution is 0.189. The van der Waals surface area contributed by atoms with Gasteiger partial charge in [0.25, 0.3) is 0 Å². The van der Waals surface area contributed by atoms with Crippen molar-refractivity contribution in [1.29, 1.82) is 0 Å². The second kappa shape index (κ2) is 14.3. The Balaban J connectivity index is 1.27. The Morgan fingerprint density at radius 2 is 0.776 bits per heavy atom. The van der Waals surface area contributed by atoms with Gasteiger partial charge in [0.2, 0.25) is 0 Å². The molecule has 0 amide bonds. The van der Waals surface area contributed by atoms with Gasteiger partial charge in [0.05, 0.1) is 0 Å². The molecular formula is C45H42O2P2. The van der Waals surface area contributed by atoms with Gasteiger partial charge in [0, 0.05) is 23.5 Å². The summed E-state index contributed by atoms with van der Waals surface area (Å²) in [6.07, 6.45) is 4.86. The van der Waals surface area contributed by atoms with Gasteiger partial charge in [-0.05, 0) is 105 Å². The molecule has 0 fully saturated rings. The van der Waals surface area contributed by atoms with Crippen LogP contribution in [0.4, 0.5) is 0 Å². The quantitative estimate of drug-likeness (QED) is 0.165. The highest BCUT2D eigenvalue weighted by molar-refractivity contribution is 7.80. The molecule has 4 heteroatoms. The van der Waals surface area contributed by atoms with Crippen molar-refractivity contribution in [2.75, 3.05) is 0 Å². The third-order valence-corrected chi connectivity index (χ3v) is 14.5. The fourth-order valence-corrected chi connectivity index (χ4v) is 12.6. The summed E-state index contributed by atoms with van der Waals surface area (Å²) < 4.78 is 14.8. The smallest absolute Gasteiger partial charge is 0.131 e. The summed E-state index contributed by atoms with van der Waals surface area (Å²) in [6, 6.07) is 53.6. The summed E-state index contributed by atoms with van der Waals surface area (Å²) >= 11 is 0. The number of rotatable bonds is 6. The van der Waals surface area contributed by atoms with E-state index in [4.69, 9.17) is 9.47 Å². The van der Waals surface area contributed by atoms with Crippen LogP contribution in [0.1, 0.15) is 41.5 Å². The highest BCUT2D eigenvalue weighted by atomic mass is 31.1. The summed E-state index contributed by atoms with van der Waals surface area (Å²) in [7, 11) is -1.63. The molecule has 244 valence electrons. The first-order valence-corrected chi connectivity index (χ1v) is 20.2. The Morgan fingerprint density at radius 3 is 1.10 bits per heavy atom. The second-order valence-corrected chi connectivity index (χ2v) is 17.7. The van der Waals surface area contributed by atoms with Crippen LogP contribution < -0.4 is 41.3 Å². The largest absolute Gasteiger partial charge is 0.489 e. The van der Waals surface area contributed by atoms with Crippen molar-refractivity contribution in [2.24, 2.45) is 0 Å². The summed E-state index contributed by atoms with van der Waals surface area (Å²) in [5.41, 5.74) is 5.10. The van der Waals surface area contributed by atoms with Crippen LogP contribution in [0.15, 0.2) is 146 Å². The van der Waals surface area contributed by atoms with E-state index in [2.05, 4.69) is 159 Å². The first kappa shape index (κ1) is 32.0. The van der Waals surface area contributed by atoms with E-state index in [1.807, 2.05) is 0 Å². The Labute approximate surface area is 293 Å². The minimum atomic E-state index is -0.817. The van der Waals surface area contributed by atoms with Crippen molar-refractivity contribution in [1.82, 2.24) is 0 Å². The van der Waals surface area contributed by atoms with Crippen molar-refractivity contribution < 1.29 is 9.47 Å². The maximum atomic E-state index is 7.38. The normalized spacial score (nSPS) is 17.1. The maximum Gasteiger partial charge on any atom is 0.131 e. The zero-order valence-electron chi connectivity index (χ0n) is 28.3. The van der Waals surface area contributed by atoms with Gasteiger partial charge < -0.3 is 9.47 Å². The molecule has 6 aromatic carbocycles. The number of fused-ring (bicyclic) bond motifs is 6. The SMILES string of the molecule is Cc1cc2c(c(P(c3ccccc3)c3ccccc3)c1)OC1CCC[C@H](C2)Oc2c(cc(C)cc2P(c2ccccc2)c2ccccc2)C1. The average molecular weight is 677 g/mol. The molecule has 0 aromatic heterocycles. The summed E-state index contributed by atoms with van der Waals surface area (Å²) in [6.45, 7) is 4.48. The molecule has 0 N–H and O–H groups in total. The predicted molar refractivity (Wildman–Crippen MR) is 210 cm³/mol. The molecule has 2 nitrogen and oxygen atoms in total. The monoisotopic (exact) mass is 676 g/mol. The van der Waals surface area contributed by atoms with E-state index in [9.17, 15) is 0 Å². The van der Waals surface area contributed by atoms with Crippen LogP contribution >= 0.6 is 15.8 Å². The molecule has 1 unspecified atom stereocenters. The van der Waals surface area contributed by atoms with Gasteiger partial charge in [-0.3, -0.25) is 0 Å². The van der Waals surface area contributed by atoms with E-state index in [0.29, 0.717) is 0 Å². The van der Waals surface area contributed by atoms with Crippen molar-refractivity contribution in [3.8, 4) is 11.5 Å². The molecule has 0 radical (unpaired) electrons. The number of hydrogen-bond donors (Lipinski definition) is 0. The maximum absolute atomic E-state index is 7.38. The molecule has 49 heavy (non-hydrogen) atoms. The molecule has 0 aliphatic carbocycles. The minimum absolute atomic E-state index is 0.0529. The van der Waals surface area contributed by atoms with Gasteiger partial charge in [-0.15, -0.1) is 0 Å². The van der Waals surface area contributed by atoms with Crippen LogP contribution in [-0.4, -0.2) is 12.2 Å². The van der Waals surface area contributed by atoms with Gasteiger partial charge in [-0.25, -0.2) is 0 Å². The van der Waals surface area contributed by atoms with Crippen molar-refractivity contribution in [2.45, 2.75) is 58.2 Å². The van der Waals surface area contributed by atoms with E-state index in [-0.39, 0.29) is 12.2 Å². The van der Waals surface area contributed by atoms with Crippen LogP contribution in [0.2, 0.25) is 0 Å². The van der Waals surface area contributed by atoms with Gasteiger partial charge in [-0.1, -0.05) is 133 Å². The lowest BCUT2D eigenvalue weighted by Crippen LogP contribution is -2.31. The van der Waals surface area contributed by atoms with Gasteiger partial charge >= 0.3 is 0 Å². The standard InChI is InChI=1S/C45H42O2P2/c1-32-26-34-30-36-16-15-17-37(46-44(34)42(28-32)48(38-18-7-3-8-19-38)39-20-9-4-10-21-39)31-35-27-33(2)29-43(45(35)47-36)49(40-22-11-5-12-23-40)41-24-13-6-14-25-41/h3-14,18-29,36-37H,15-17,30-31H2,1-2H3/t36-,37?/m1/s1. The fraction of sp³-hybridized carbons (Fsp3) is 0.200. The lowest BCUT2D eigenvalue weighted by atomic mass is 10.0. The van der Waals surface area contributed by atoms with Crippen LogP contribution in [-0.2, 0) is 12.8 Å². The molecule has 0 saturated heterocycles. The highest BCUT2D eigenvalue weighted by Crippen LogP contribution is 2.43. The molecule has 0 saturated carbocycles. The number of hydrogen-bond acceptors (Lipinski definition) is 2. The third-order valence-electron chi connectivity index (χ3n) is 9.64. The van der Waals surface area contributed by atoms with E-state index in [1.54, 1.807) is 0 Å². The Bertz CT molecular complexity index is 1800. The van der Waals surface area contributed by atoms with Crippen LogP contribution in [0.5, 0.6) is 11.5 Å². The van der Waals surface area contributed by atoms with Gasteiger partial charge in [0.15, 0.2) is 0 Å². The van der Waals surface area contributed by atoms with Crippen LogP contribution in [0.25, 0.3) is 0 Å². The zero-order chi connectivity index (χ0) is 33.2. The Hall–Kier alpha value is -4.22. The lowest BCUT2D eigenvalue weighted by Gasteiger charge is -2.31.